The summed E-state index contributed by atoms with van der Waals surface area (Å²) in [6, 6.07) is 0. The summed E-state index contributed by atoms with van der Waals surface area (Å²) in [6.07, 6.45) is 5.13. The minimum atomic E-state index is -0.208. The molecule has 2 rings (SSSR count). The third-order valence-corrected chi connectivity index (χ3v) is 5.46. The molecule has 0 fully saturated rings. The van der Waals surface area contributed by atoms with Crippen molar-refractivity contribution in [1.29, 1.82) is 0 Å². The minimum absolute atomic E-state index is 0.208. The van der Waals surface area contributed by atoms with Crippen LogP contribution in [0.5, 0.6) is 0 Å². The van der Waals surface area contributed by atoms with Crippen molar-refractivity contribution in [2.24, 2.45) is 5.73 Å². The van der Waals surface area contributed by atoms with Gasteiger partial charge in [0.25, 0.3) is 0 Å². The lowest BCUT2D eigenvalue weighted by atomic mass is 9.97. The normalized spacial score (nSPS) is 16.9. The van der Waals surface area contributed by atoms with E-state index in [4.69, 9.17) is 5.73 Å². The zero-order valence-corrected chi connectivity index (χ0v) is 11.1. The zero-order chi connectivity index (χ0) is 10.3. The van der Waals surface area contributed by atoms with Crippen molar-refractivity contribution in [2.45, 2.75) is 45.1 Å². The number of hydrogen-bond acceptors (Lipinski definition) is 2. The highest BCUT2D eigenvalue weighted by Gasteiger charge is 2.26. The van der Waals surface area contributed by atoms with Crippen LogP contribution >= 0.6 is 27.3 Å². The van der Waals surface area contributed by atoms with Gasteiger partial charge in [-0.05, 0) is 61.0 Å². The molecule has 0 aliphatic heterocycles. The van der Waals surface area contributed by atoms with E-state index in [1.165, 1.54) is 40.6 Å². The van der Waals surface area contributed by atoms with Gasteiger partial charge in [-0.1, -0.05) is 0 Å². The van der Waals surface area contributed by atoms with Gasteiger partial charge in [0.05, 0.1) is 0 Å². The topological polar surface area (TPSA) is 26.0 Å². The zero-order valence-electron chi connectivity index (χ0n) is 8.69. The van der Waals surface area contributed by atoms with Crippen LogP contribution in [0.25, 0.3) is 0 Å². The maximum absolute atomic E-state index is 6.15. The summed E-state index contributed by atoms with van der Waals surface area (Å²) in [7, 11) is 0. The van der Waals surface area contributed by atoms with Crippen LogP contribution in [-0.4, -0.2) is 0 Å². The monoisotopic (exact) mass is 273 g/mol. The number of thiophene rings is 1. The van der Waals surface area contributed by atoms with Crippen molar-refractivity contribution < 1.29 is 0 Å². The highest BCUT2D eigenvalue weighted by Crippen LogP contribution is 2.41. The maximum atomic E-state index is 6.15. The second-order valence-corrected chi connectivity index (χ2v) is 6.47. The maximum Gasteiger partial charge on any atom is 0.0458 e. The van der Waals surface area contributed by atoms with Gasteiger partial charge in [0.15, 0.2) is 0 Å². The molecular weight excluding hydrogens is 258 g/mol. The summed E-state index contributed by atoms with van der Waals surface area (Å²) in [5, 5.41) is 0. The molecule has 0 saturated heterocycles. The van der Waals surface area contributed by atoms with Crippen LogP contribution in [0.4, 0.5) is 0 Å². The van der Waals surface area contributed by atoms with E-state index in [9.17, 15) is 0 Å². The van der Waals surface area contributed by atoms with Gasteiger partial charge in [-0.15, -0.1) is 11.3 Å². The van der Waals surface area contributed by atoms with Crippen LogP contribution in [0, 0.1) is 0 Å². The van der Waals surface area contributed by atoms with E-state index in [0.717, 1.165) is 0 Å². The molecule has 2 N–H and O–H groups in total. The van der Waals surface area contributed by atoms with Gasteiger partial charge in [0, 0.05) is 19.8 Å². The number of nitrogens with two attached hydrogens (primary N) is 1. The lowest BCUT2D eigenvalue weighted by Gasteiger charge is -2.17. The van der Waals surface area contributed by atoms with Crippen molar-refractivity contribution >= 4 is 27.3 Å². The molecule has 0 atom stereocenters. The first-order valence-corrected chi connectivity index (χ1v) is 6.70. The average Bonchev–Trinajstić information content (AvgIpc) is 2.44. The minimum Gasteiger partial charge on any atom is -0.321 e. The van der Waals surface area contributed by atoms with Gasteiger partial charge in [0.1, 0.15) is 0 Å². The highest BCUT2D eigenvalue weighted by molar-refractivity contribution is 9.10. The van der Waals surface area contributed by atoms with Gasteiger partial charge in [0.2, 0.25) is 0 Å². The van der Waals surface area contributed by atoms with E-state index in [-0.39, 0.29) is 5.54 Å². The van der Waals surface area contributed by atoms with Crippen LogP contribution in [0.3, 0.4) is 0 Å². The highest BCUT2D eigenvalue weighted by atomic mass is 79.9. The first-order valence-electron chi connectivity index (χ1n) is 5.09. The summed E-state index contributed by atoms with van der Waals surface area (Å²) >= 11 is 5.60. The summed E-state index contributed by atoms with van der Waals surface area (Å²) in [5.74, 6) is 0. The predicted octanol–water partition coefficient (Wildman–Crippen LogP) is 3.58. The Morgan fingerprint density at radius 2 is 1.93 bits per heavy atom. The third-order valence-electron chi connectivity index (χ3n) is 2.69. The lowest BCUT2D eigenvalue weighted by molar-refractivity contribution is 0.563. The molecule has 1 aliphatic rings. The summed E-state index contributed by atoms with van der Waals surface area (Å²) in [6.45, 7) is 4.16. The van der Waals surface area contributed by atoms with Crippen molar-refractivity contribution in [2.75, 3.05) is 0 Å². The summed E-state index contributed by atoms with van der Waals surface area (Å²) < 4.78 is 1.28. The van der Waals surface area contributed by atoms with E-state index in [1.807, 2.05) is 11.3 Å². The van der Waals surface area contributed by atoms with Gasteiger partial charge in [-0.25, -0.2) is 0 Å². The summed E-state index contributed by atoms with van der Waals surface area (Å²) in [5.41, 5.74) is 7.47. The predicted molar refractivity (Wildman–Crippen MR) is 65.9 cm³/mol. The van der Waals surface area contributed by atoms with Gasteiger partial charge in [-0.2, -0.15) is 0 Å². The Balaban J connectivity index is 2.49. The Hall–Kier alpha value is 0.140. The van der Waals surface area contributed by atoms with Gasteiger partial charge >= 0.3 is 0 Å². The van der Waals surface area contributed by atoms with Crippen LogP contribution < -0.4 is 5.73 Å². The Bertz CT molecular complexity index is 349. The van der Waals surface area contributed by atoms with E-state index >= 15 is 0 Å². The first kappa shape index (κ1) is 10.7. The molecule has 1 aliphatic carbocycles. The molecule has 14 heavy (non-hydrogen) atoms. The fourth-order valence-corrected chi connectivity index (χ4v) is 4.56. The van der Waals surface area contributed by atoms with Gasteiger partial charge < -0.3 is 5.73 Å². The molecule has 1 nitrogen and oxygen atoms in total. The van der Waals surface area contributed by atoms with Crippen molar-refractivity contribution in [3.05, 3.63) is 19.8 Å². The molecule has 1 aromatic rings. The smallest absolute Gasteiger partial charge is 0.0458 e. The molecule has 1 aromatic heterocycles. The Kier molecular flexibility index (Phi) is 2.75. The van der Waals surface area contributed by atoms with Crippen LogP contribution in [-0.2, 0) is 18.4 Å². The molecule has 0 spiro atoms. The molecule has 0 amide bonds. The van der Waals surface area contributed by atoms with Crippen LogP contribution in [0.1, 0.15) is 42.0 Å². The molecule has 0 saturated carbocycles. The van der Waals surface area contributed by atoms with Crippen molar-refractivity contribution in [1.82, 2.24) is 0 Å². The number of rotatable bonds is 1. The second kappa shape index (κ2) is 3.62. The van der Waals surface area contributed by atoms with Gasteiger partial charge in [-0.3, -0.25) is 0 Å². The quantitative estimate of drug-likeness (QED) is 0.832. The summed E-state index contributed by atoms with van der Waals surface area (Å²) in [4.78, 5) is 2.86. The fourth-order valence-electron chi connectivity index (χ4n) is 1.94. The second-order valence-electron chi connectivity index (χ2n) is 4.58. The molecule has 3 heteroatoms. The number of halogens is 1. The Morgan fingerprint density at radius 3 is 2.50 bits per heavy atom. The van der Waals surface area contributed by atoms with E-state index in [2.05, 4.69) is 29.8 Å². The van der Waals surface area contributed by atoms with E-state index in [1.54, 1.807) is 4.88 Å². The number of aryl methyl sites for hydroxylation is 1. The number of hydrogen-bond donors (Lipinski definition) is 1. The van der Waals surface area contributed by atoms with Crippen molar-refractivity contribution in [3.63, 3.8) is 0 Å². The molecule has 78 valence electrons. The van der Waals surface area contributed by atoms with Crippen molar-refractivity contribution in [3.8, 4) is 0 Å². The van der Waals surface area contributed by atoms with E-state index < -0.39 is 0 Å². The third kappa shape index (κ3) is 1.77. The molecule has 0 bridgehead atoms. The molecule has 0 aromatic carbocycles. The van der Waals surface area contributed by atoms with Crippen LogP contribution in [0.15, 0.2) is 4.47 Å². The molecular formula is C11H16BrNS. The average molecular weight is 274 g/mol. The standard InChI is InChI=1S/C11H16BrNS/c1-11(2,13)10-9(12)7-5-3-4-6-8(7)14-10/h3-6,13H2,1-2H3. The lowest BCUT2D eigenvalue weighted by Crippen LogP contribution is -2.27. The number of fused-ring (bicyclic) bond motifs is 1. The SMILES string of the molecule is CC(C)(N)c1sc2c(c1Br)CCCC2. The van der Waals surface area contributed by atoms with E-state index in [0.29, 0.717) is 0 Å². The largest absolute Gasteiger partial charge is 0.321 e. The first-order chi connectivity index (χ1) is 6.50. The Labute approximate surface area is 97.8 Å². The van der Waals surface area contributed by atoms with Crippen LogP contribution in [0.2, 0.25) is 0 Å². The Morgan fingerprint density at radius 1 is 1.29 bits per heavy atom. The fraction of sp³-hybridized carbons (Fsp3) is 0.636. The molecule has 0 radical (unpaired) electrons. The molecule has 1 heterocycles. The molecule has 0 unspecified atom stereocenters.